The smallest absolute Gasteiger partial charge is 0.231 e. The Kier molecular flexibility index (Phi) is 5.87. The lowest BCUT2D eigenvalue weighted by molar-refractivity contribution is 0.174. The SMILES string of the molecule is COc1cc(C#Cc2cc(OC)cc(OC)c2)cc(C#Cc2ccc3c(c2)OCO3)c1. The average molecular weight is 412 g/mol. The van der Waals surface area contributed by atoms with E-state index in [1.165, 1.54) is 0 Å². The van der Waals surface area contributed by atoms with Crippen LogP contribution in [0.25, 0.3) is 0 Å². The summed E-state index contributed by atoms with van der Waals surface area (Å²) in [4.78, 5) is 0. The fourth-order valence-electron chi connectivity index (χ4n) is 3.00. The van der Waals surface area contributed by atoms with Gasteiger partial charge in [-0.2, -0.15) is 0 Å². The molecular weight excluding hydrogens is 392 g/mol. The normalized spacial score (nSPS) is 10.9. The minimum Gasteiger partial charge on any atom is -0.497 e. The number of rotatable bonds is 3. The van der Waals surface area contributed by atoms with Crippen molar-refractivity contribution in [3.63, 3.8) is 0 Å². The van der Waals surface area contributed by atoms with Gasteiger partial charge < -0.3 is 23.7 Å². The van der Waals surface area contributed by atoms with Crippen molar-refractivity contribution in [1.82, 2.24) is 0 Å². The maximum Gasteiger partial charge on any atom is 0.231 e. The molecule has 0 unspecified atom stereocenters. The lowest BCUT2D eigenvalue weighted by Crippen LogP contribution is -1.92. The van der Waals surface area contributed by atoms with Crippen LogP contribution in [-0.4, -0.2) is 28.1 Å². The molecule has 1 heterocycles. The second-order valence-corrected chi connectivity index (χ2v) is 6.62. The van der Waals surface area contributed by atoms with Crippen LogP contribution in [0.15, 0.2) is 54.6 Å². The summed E-state index contributed by atoms with van der Waals surface area (Å²) in [7, 11) is 4.84. The van der Waals surface area contributed by atoms with E-state index < -0.39 is 0 Å². The number of fused-ring (bicyclic) bond motifs is 1. The number of methoxy groups -OCH3 is 3. The summed E-state index contributed by atoms with van der Waals surface area (Å²) in [6, 6.07) is 16.8. The first-order valence-electron chi connectivity index (χ1n) is 9.52. The Morgan fingerprint density at radius 2 is 1.03 bits per heavy atom. The molecule has 0 aliphatic carbocycles. The maximum absolute atomic E-state index is 5.42. The number of ether oxygens (including phenoxy) is 5. The summed E-state index contributed by atoms with van der Waals surface area (Å²) >= 11 is 0. The molecule has 0 amide bonds. The van der Waals surface area contributed by atoms with E-state index in [1.807, 2.05) is 48.5 Å². The van der Waals surface area contributed by atoms with Gasteiger partial charge in [0.1, 0.15) is 17.2 Å². The number of hydrogen-bond acceptors (Lipinski definition) is 5. The zero-order chi connectivity index (χ0) is 21.6. The minimum atomic E-state index is 0.239. The topological polar surface area (TPSA) is 46.2 Å². The first-order valence-corrected chi connectivity index (χ1v) is 9.52. The lowest BCUT2D eigenvalue weighted by atomic mass is 10.1. The predicted octanol–water partition coefficient (Wildman–Crippen LogP) is 4.24. The summed E-state index contributed by atoms with van der Waals surface area (Å²) < 4.78 is 26.8. The van der Waals surface area contributed by atoms with Crippen LogP contribution >= 0.6 is 0 Å². The summed E-state index contributed by atoms with van der Waals surface area (Å²) in [6.45, 7) is 0.239. The van der Waals surface area contributed by atoms with Crippen molar-refractivity contribution in [3.05, 3.63) is 76.9 Å². The predicted molar refractivity (Wildman–Crippen MR) is 117 cm³/mol. The Bertz CT molecular complexity index is 1220. The van der Waals surface area contributed by atoms with E-state index in [4.69, 9.17) is 23.7 Å². The Hall–Kier alpha value is -4.22. The molecule has 1 aliphatic rings. The van der Waals surface area contributed by atoms with Crippen molar-refractivity contribution < 1.29 is 23.7 Å². The van der Waals surface area contributed by atoms with Gasteiger partial charge in [-0.25, -0.2) is 0 Å². The van der Waals surface area contributed by atoms with E-state index in [2.05, 4.69) is 23.7 Å². The van der Waals surface area contributed by atoms with Crippen molar-refractivity contribution in [2.24, 2.45) is 0 Å². The molecule has 0 fully saturated rings. The van der Waals surface area contributed by atoms with Crippen LogP contribution in [-0.2, 0) is 0 Å². The molecule has 0 saturated heterocycles. The molecular formula is C26H20O5. The molecule has 0 bridgehead atoms. The number of hydrogen-bond donors (Lipinski definition) is 0. The summed E-state index contributed by atoms with van der Waals surface area (Å²) in [5.41, 5.74) is 3.20. The van der Waals surface area contributed by atoms with Crippen molar-refractivity contribution in [1.29, 1.82) is 0 Å². The Labute approximate surface area is 181 Å². The quantitative estimate of drug-likeness (QED) is 0.602. The van der Waals surface area contributed by atoms with E-state index in [1.54, 1.807) is 27.4 Å². The highest BCUT2D eigenvalue weighted by Gasteiger charge is 2.12. The van der Waals surface area contributed by atoms with Gasteiger partial charge in [-0.05, 0) is 48.5 Å². The highest BCUT2D eigenvalue weighted by Crippen LogP contribution is 2.32. The van der Waals surface area contributed by atoms with Crippen LogP contribution in [0.4, 0.5) is 0 Å². The maximum atomic E-state index is 5.42. The first kappa shape index (κ1) is 20.1. The van der Waals surface area contributed by atoms with Gasteiger partial charge >= 0.3 is 0 Å². The first-order chi connectivity index (χ1) is 15.2. The number of benzene rings is 3. The van der Waals surface area contributed by atoms with E-state index in [-0.39, 0.29) is 6.79 Å². The second-order valence-electron chi connectivity index (χ2n) is 6.62. The van der Waals surface area contributed by atoms with Gasteiger partial charge in [-0.3, -0.25) is 0 Å². The third kappa shape index (κ3) is 4.86. The zero-order valence-corrected chi connectivity index (χ0v) is 17.4. The molecule has 3 aromatic rings. The van der Waals surface area contributed by atoms with Crippen molar-refractivity contribution in [2.45, 2.75) is 0 Å². The highest BCUT2D eigenvalue weighted by atomic mass is 16.7. The minimum absolute atomic E-state index is 0.239. The molecule has 5 heteroatoms. The molecule has 0 atom stereocenters. The van der Waals surface area contributed by atoms with Crippen LogP contribution in [0.5, 0.6) is 28.7 Å². The fourth-order valence-corrected chi connectivity index (χ4v) is 3.00. The Morgan fingerprint density at radius 1 is 0.548 bits per heavy atom. The van der Waals surface area contributed by atoms with Gasteiger partial charge in [-0.15, -0.1) is 0 Å². The summed E-state index contributed by atoms with van der Waals surface area (Å²) in [5.74, 6) is 16.1. The van der Waals surface area contributed by atoms with Crippen molar-refractivity contribution in [2.75, 3.05) is 28.1 Å². The van der Waals surface area contributed by atoms with Crippen LogP contribution in [0.1, 0.15) is 22.3 Å². The summed E-state index contributed by atoms with van der Waals surface area (Å²) in [6.07, 6.45) is 0. The van der Waals surface area contributed by atoms with Crippen LogP contribution in [0.3, 0.4) is 0 Å². The fraction of sp³-hybridized carbons (Fsp3) is 0.154. The molecule has 1 aliphatic heterocycles. The molecule has 4 rings (SSSR count). The van der Waals surface area contributed by atoms with Crippen molar-refractivity contribution in [3.8, 4) is 52.4 Å². The van der Waals surface area contributed by atoms with Crippen LogP contribution in [0.2, 0.25) is 0 Å². The molecule has 0 saturated carbocycles. The molecule has 0 N–H and O–H groups in total. The molecule has 31 heavy (non-hydrogen) atoms. The monoisotopic (exact) mass is 412 g/mol. The van der Waals surface area contributed by atoms with Gasteiger partial charge in [0.2, 0.25) is 6.79 Å². The van der Waals surface area contributed by atoms with Gasteiger partial charge in [0.05, 0.1) is 21.3 Å². The second kappa shape index (κ2) is 9.07. The average Bonchev–Trinajstić information content (AvgIpc) is 3.29. The zero-order valence-electron chi connectivity index (χ0n) is 17.4. The molecule has 0 radical (unpaired) electrons. The highest BCUT2D eigenvalue weighted by molar-refractivity contribution is 5.55. The Balaban J connectivity index is 1.63. The van der Waals surface area contributed by atoms with Crippen LogP contribution < -0.4 is 23.7 Å². The standard InChI is InChI=1S/C26H20O5/c1-27-22-11-19(5-4-18-8-9-25-26(15-18)31-17-30-25)10-20(12-22)6-7-21-13-23(28-2)16-24(14-21)29-3/h8-16H,17H2,1-3H3. The molecule has 3 aromatic carbocycles. The van der Waals surface area contributed by atoms with E-state index in [0.29, 0.717) is 23.0 Å². The van der Waals surface area contributed by atoms with Crippen LogP contribution in [0, 0.1) is 23.7 Å². The van der Waals surface area contributed by atoms with Gasteiger partial charge in [0.25, 0.3) is 0 Å². The third-order valence-corrected chi connectivity index (χ3v) is 4.57. The largest absolute Gasteiger partial charge is 0.497 e. The molecule has 0 aromatic heterocycles. The molecule has 154 valence electrons. The molecule has 5 nitrogen and oxygen atoms in total. The molecule has 0 spiro atoms. The summed E-state index contributed by atoms with van der Waals surface area (Å²) in [5, 5.41) is 0. The van der Waals surface area contributed by atoms with E-state index >= 15 is 0 Å². The van der Waals surface area contributed by atoms with E-state index in [0.717, 1.165) is 28.0 Å². The Morgan fingerprint density at radius 3 is 1.61 bits per heavy atom. The van der Waals surface area contributed by atoms with Gasteiger partial charge in [0, 0.05) is 28.3 Å². The van der Waals surface area contributed by atoms with Gasteiger partial charge in [-0.1, -0.05) is 23.7 Å². The van der Waals surface area contributed by atoms with Crippen molar-refractivity contribution >= 4 is 0 Å². The lowest BCUT2D eigenvalue weighted by Gasteiger charge is -2.05. The third-order valence-electron chi connectivity index (χ3n) is 4.57. The van der Waals surface area contributed by atoms with E-state index in [9.17, 15) is 0 Å². The van der Waals surface area contributed by atoms with Gasteiger partial charge in [0.15, 0.2) is 11.5 Å².